The van der Waals surface area contributed by atoms with Crippen molar-refractivity contribution < 1.29 is 4.39 Å². The Balaban J connectivity index is 1.87. The summed E-state index contributed by atoms with van der Waals surface area (Å²) in [5.74, 6) is 0.961. The van der Waals surface area contributed by atoms with Crippen molar-refractivity contribution in [2.45, 2.75) is 18.9 Å². The number of rotatable bonds is 1. The molecule has 3 aliphatic heterocycles. The second-order valence-electron chi connectivity index (χ2n) is 5.80. The molecule has 0 aliphatic carbocycles. The zero-order valence-electron chi connectivity index (χ0n) is 11.0. The van der Waals surface area contributed by atoms with Crippen molar-refractivity contribution >= 4 is 39.6 Å². The highest BCUT2D eigenvalue weighted by Crippen LogP contribution is 2.39. The number of halogens is 2. The molecule has 0 amide bonds. The summed E-state index contributed by atoms with van der Waals surface area (Å²) in [5, 5.41) is 0. The van der Waals surface area contributed by atoms with Gasteiger partial charge in [0.05, 0.1) is 20.6 Å². The first kappa shape index (κ1) is 12.8. The first-order chi connectivity index (χ1) is 9.63. The fourth-order valence-corrected chi connectivity index (χ4v) is 4.13. The molecule has 1 unspecified atom stereocenters. The third-order valence-electron chi connectivity index (χ3n) is 4.71. The normalized spacial score (nSPS) is 29.2. The number of fused-ring (bicyclic) bond motifs is 4. The number of nitrogens with zero attached hydrogens (tertiary/aromatic N) is 3. The van der Waals surface area contributed by atoms with Gasteiger partial charge < -0.3 is 15.2 Å². The molecule has 20 heavy (non-hydrogen) atoms. The fraction of sp³-hybridized carbons (Fsp3) is 0.500. The van der Waals surface area contributed by atoms with Crippen LogP contribution in [0.4, 0.5) is 10.3 Å². The highest BCUT2D eigenvalue weighted by atomic mass is 127. The average Bonchev–Trinajstić information content (AvgIpc) is 2.76. The molecule has 5 rings (SSSR count). The minimum atomic E-state index is -0.194. The summed E-state index contributed by atoms with van der Waals surface area (Å²) in [7, 11) is 0. The van der Waals surface area contributed by atoms with Gasteiger partial charge in [-0.2, -0.15) is 0 Å². The molecule has 6 heteroatoms. The molecule has 3 aliphatic rings. The van der Waals surface area contributed by atoms with Crippen LogP contribution in [0.3, 0.4) is 0 Å². The quantitative estimate of drug-likeness (QED) is 0.767. The van der Waals surface area contributed by atoms with E-state index in [1.165, 1.54) is 25.9 Å². The molecule has 3 saturated heterocycles. The average molecular weight is 386 g/mol. The van der Waals surface area contributed by atoms with Gasteiger partial charge in [0.15, 0.2) is 0 Å². The predicted octanol–water partition coefficient (Wildman–Crippen LogP) is 2.63. The maximum atomic E-state index is 13.9. The van der Waals surface area contributed by atoms with E-state index in [1.807, 2.05) is 22.6 Å². The van der Waals surface area contributed by atoms with Gasteiger partial charge in [0.2, 0.25) is 5.95 Å². The van der Waals surface area contributed by atoms with Crippen LogP contribution in [0.1, 0.15) is 18.9 Å². The van der Waals surface area contributed by atoms with E-state index in [9.17, 15) is 4.39 Å². The van der Waals surface area contributed by atoms with Crippen LogP contribution in [-0.2, 0) is 0 Å². The number of aromatic nitrogens is 2. The van der Waals surface area contributed by atoms with E-state index in [0.29, 0.717) is 21.5 Å². The maximum Gasteiger partial charge on any atom is 0.201 e. The van der Waals surface area contributed by atoms with Crippen LogP contribution < -0.4 is 5.73 Å². The summed E-state index contributed by atoms with van der Waals surface area (Å²) in [6.45, 7) is 3.37. The van der Waals surface area contributed by atoms with E-state index in [-0.39, 0.29) is 5.82 Å². The third-order valence-corrected chi connectivity index (χ3v) is 5.54. The molecule has 2 aromatic rings. The number of piperidine rings is 3. The number of benzene rings is 1. The molecule has 0 saturated carbocycles. The molecule has 1 aromatic heterocycles. The maximum absolute atomic E-state index is 13.9. The number of hydrogen-bond donors (Lipinski definition) is 1. The van der Waals surface area contributed by atoms with E-state index >= 15 is 0 Å². The highest BCUT2D eigenvalue weighted by Gasteiger charge is 2.36. The SMILES string of the molecule is Nc1nc2cc(I)c(F)cc2n1C1CN2CCC1CC2. The number of imidazole rings is 1. The first-order valence-corrected chi connectivity index (χ1v) is 8.06. The molecule has 2 bridgehead atoms. The summed E-state index contributed by atoms with van der Waals surface area (Å²) in [6.07, 6.45) is 2.41. The van der Waals surface area contributed by atoms with Crippen LogP contribution >= 0.6 is 22.6 Å². The molecule has 2 N–H and O–H groups in total. The minimum Gasteiger partial charge on any atom is -0.369 e. The van der Waals surface area contributed by atoms with E-state index in [4.69, 9.17) is 5.73 Å². The lowest BCUT2D eigenvalue weighted by Crippen LogP contribution is -2.48. The van der Waals surface area contributed by atoms with Crippen molar-refractivity contribution in [3.05, 3.63) is 21.5 Å². The van der Waals surface area contributed by atoms with Gasteiger partial charge in [-0.3, -0.25) is 0 Å². The minimum absolute atomic E-state index is 0.194. The second-order valence-corrected chi connectivity index (χ2v) is 6.96. The lowest BCUT2D eigenvalue weighted by molar-refractivity contribution is 0.0598. The smallest absolute Gasteiger partial charge is 0.201 e. The molecule has 106 valence electrons. The van der Waals surface area contributed by atoms with Crippen molar-refractivity contribution in [2.75, 3.05) is 25.4 Å². The van der Waals surface area contributed by atoms with Crippen molar-refractivity contribution in [3.63, 3.8) is 0 Å². The van der Waals surface area contributed by atoms with Crippen LogP contribution in [0, 0.1) is 15.3 Å². The van der Waals surface area contributed by atoms with Gasteiger partial charge in [-0.15, -0.1) is 0 Å². The molecule has 3 fully saturated rings. The largest absolute Gasteiger partial charge is 0.369 e. The summed E-state index contributed by atoms with van der Waals surface area (Å²) in [4.78, 5) is 6.90. The van der Waals surface area contributed by atoms with E-state index < -0.39 is 0 Å². The predicted molar refractivity (Wildman–Crippen MR) is 85.0 cm³/mol. The summed E-state index contributed by atoms with van der Waals surface area (Å²) in [6, 6.07) is 3.69. The number of nitrogen functional groups attached to an aromatic ring is 1. The standard InChI is InChI=1S/C14H16FIN4/c15-9-5-12-11(6-10(9)16)18-14(17)20(12)13-7-19-3-1-8(13)2-4-19/h5-6,8,13H,1-4,7H2,(H2,17,18). The Kier molecular flexibility index (Phi) is 2.92. The molecular formula is C14H16FIN4. The lowest BCUT2D eigenvalue weighted by atomic mass is 9.84. The third kappa shape index (κ3) is 1.84. The molecule has 4 heterocycles. The van der Waals surface area contributed by atoms with Gasteiger partial charge in [0, 0.05) is 12.6 Å². The van der Waals surface area contributed by atoms with Gasteiger partial charge in [0.25, 0.3) is 0 Å². The van der Waals surface area contributed by atoms with Gasteiger partial charge >= 0.3 is 0 Å². The summed E-state index contributed by atoms with van der Waals surface area (Å²) >= 11 is 1.99. The Hall–Kier alpha value is -0.890. The molecular weight excluding hydrogens is 370 g/mol. The van der Waals surface area contributed by atoms with Gasteiger partial charge in [-0.1, -0.05) is 0 Å². The Morgan fingerprint density at radius 1 is 1.30 bits per heavy atom. The Bertz CT molecular complexity index is 675. The van der Waals surface area contributed by atoms with Crippen molar-refractivity contribution in [2.24, 2.45) is 5.92 Å². The van der Waals surface area contributed by atoms with Crippen molar-refractivity contribution in [3.8, 4) is 0 Å². The van der Waals surface area contributed by atoms with Gasteiger partial charge in [-0.25, -0.2) is 9.37 Å². The van der Waals surface area contributed by atoms with Crippen LogP contribution in [0.5, 0.6) is 0 Å². The second kappa shape index (κ2) is 4.56. The topological polar surface area (TPSA) is 47.1 Å². The number of nitrogens with two attached hydrogens (primary N) is 1. The fourth-order valence-electron chi connectivity index (χ4n) is 3.68. The van der Waals surface area contributed by atoms with Gasteiger partial charge in [-0.05, 0) is 60.5 Å². The Morgan fingerprint density at radius 3 is 2.70 bits per heavy atom. The van der Waals surface area contributed by atoms with Crippen LogP contribution in [-0.4, -0.2) is 34.1 Å². The number of anilines is 1. The highest BCUT2D eigenvalue weighted by molar-refractivity contribution is 14.1. The summed E-state index contributed by atoms with van der Waals surface area (Å²) in [5.41, 5.74) is 7.75. The zero-order chi connectivity index (χ0) is 13.9. The number of hydrogen-bond acceptors (Lipinski definition) is 3. The molecule has 1 aromatic carbocycles. The van der Waals surface area contributed by atoms with E-state index in [0.717, 1.165) is 17.6 Å². The first-order valence-electron chi connectivity index (χ1n) is 6.98. The lowest BCUT2D eigenvalue weighted by Gasteiger charge is -2.45. The summed E-state index contributed by atoms with van der Waals surface area (Å²) < 4.78 is 16.5. The Morgan fingerprint density at radius 2 is 2.05 bits per heavy atom. The monoisotopic (exact) mass is 386 g/mol. The molecule has 4 nitrogen and oxygen atoms in total. The van der Waals surface area contributed by atoms with E-state index in [2.05, 4.69) is 14.5 Å². The van der Waals surface area contributed by atoms with E-state index in [1.54, 1.807) is 12.1 Å². The molecule has 1 atom stereocenters. The van der Waals surface area contributed by atoms with Crippen LogP contribution in [0.25, 0.3) is 11.0 Å². The van der Waals surface area contributed by atoms with Crippen LogP contribution in [0.2, 0.25) is 0 Å². The Labute approximate surface area is 130 Å². The zero-order valence-corrected chi connectivity index (χ0v) is 13.2. The molecule has 0 radical (unpaired) electrons. The molecule has 0 spiro atoms. The van der Waals surface area contributed by atoms with Crippen LogP contribution in [0.15, 0.2) is 12.1 Å². The van der Waals surface area contributed by atoms with Crippen molar-refractivity contribution in [1.29, 1.82) is 0 Å². The van der Waals surface area contributed by atoms with Crippen molar-refractivity contribution in [1.82, 2.24) is 14.5 Å². The van der Waals surface area contributed by atoms with Gasteiger partial charge in [0.1, 0.15) is 5.82 Å².